The highest BCUT2D eigenvalue weighted by molar-refractivity contribution is 7.16. The number of aromatic amines is 1. The van der Waals surface area contributed by atoms with Crippen molar-refractivity contribution in [3.63, 3.8) is 0 Å². The minimum Gasteiger partial charge on any atom is -0.506 e. The van der Waals surface area contributed by atoms with Gasteiger partial charge in [0.1, 0.15) is 11.3 Å². The second kappa shape index (κ2) is 11.3. The molecule has 7 nitrogen and oxygen atoms in total. The molecule has 0 atom stereocenters. The monoisotopic (exact) mass is 457 g/mol. The lowest BCUT2D eigenvalue weighted by molar-refractivity contribution is -0.123. The van der Waals surface area contributed by atoms with Crippen LogP contribution in [0.5, 0.6) is 5.75 Å². The van der Waals surface area contributed by atoms with Crippen LogP contribution in [-0.2, 0) is 22.4 Å². The maximum atomic E-state index is 12.3. The molecule has 0 unspecified atom stereocenters. The number of phenols is 1. The Bertz CT molecular complexity index is 1080. The number of hydrogen-bond acceptors (Lipinski definition) is 6. The predicted octanol–water partition coefficient (Wildman–Crippen LogP) is 2.97. The number of benzene rings is 2. The third kappa shape index (κ3) is 7.19. The molecule has 0 saturated heterocycles. The summed E-state index contributed by atoms with van der Waals surface area (Å²) in [6.07, 6.45) is 1.88. The Morgan fingerprint density at radius 1 is 1.12 bits per heavy atom. The molecule has 0 aliphatic heterocycles. The number of carbonyl (C=O) groups is 1. The molecule has 3 aromatic rings. The van der Waals surface area contributed by atoms with Gasteiger partial charge in [-0.25, -0.2) is 0 Å². The fraction of sp³-hybridized carbons (Fsp3) is 0.417. The summed E-state index contributed by atoms with van der Waals surface area (Å²) in [6.45, 7) is 6.25. The van der Waals surface area contributed by atoms with E-state index in [1.54, 1.807) is 6.07 Å². The zero-order valence-corrected chi connectivity index (χ0v) is 19.4. The van der Waals surface area contributed by atoms with Crippen molar-refractivity contribution in [1.82, 2.24) is 15.6 Å². The van der Waals surface area contributed by atoms with Gasteiger partial charge in [-0.3, -0.25) is 9.59 Å². The molecule has 0 saturated carbocycles. The first kappa shape index (κ1) is 24.0. The van der Waals surface area contributed by atoms with Crippen LogP contribution in [0.25, 0.3) is 10.2 Å². The van der Waals surface area contributed by atoms with Crippen LogP contribution in [0.3, 0.4) is 0 Å². The molecule has 1 heterocycles. The van der Waals surface area contributed by atoms with Gasteiger partial charge in [-0.05, 0) is 50.4 Å². The number of nitrogens with one attached hydrogen (secondary N) is 3. The Balaban J connectivity index is 1.34. The minimum absolute atomic E-state index is 0.0335. The first-order valence-electron chi connectivity index (χ1n) is 10.8. The standard InChI is InChI=1S/C24H31N3O4S/c1-24(2,27-20(29)12-15-31-14-11-17-6-4-3-5-7-17)16-25-13-10-18-8-9-19(28)21-22(18)32-23(30)26-21/h3-9,25,28H,10-16H2,1-2H3,(H,26,30)(H,27,29). The highest BCUT2D eigenvalue weighted by atomic mass is 32.1. The molecule has 4 N–H and O–H groups in total. The van der Waals surface area contributed by atoms with Crippen LogP contribution in [0.15, 0.2) is 47.3 Å². The van der Waals surface area contributed by atoms with Gasteiger partial charge in [0.05, 0.1) is 17.9 Å². The summed E-state index contributed by atoms with van der Waals surface area (Å²) in [4.78, 5) is 26.4. The summed E-state index contributed by atoms with van der Waals surface area (Å²) in [6, 6.07) is 13.6. The van der Waals surface area contributed by atoms with E-state index < -0.39 is 5.54 Å². The molecular weight excluding hydrogens is 426 g/mol. The Labute approximate surface area is 191 Å². The van der Waals surface area contributed by atoms with Crippen LogP contribution in [0.1, 0.15) is 31.4 Å². The SMILES string of the molecule is CC(C)(CNCCc1ccc(O)c2[nH]c(=O)sc12)NC(=O)CCOCCc1ccccc1. The van der Waals surface area contributed by atoms with E-state index in [1.165, 1.54) is 5.56 Å². The Morgan fingerprint density at radius 2 is 1.91 bits per heavy atom. The summed E-state index contributed by atoms with van der Waals surface area (Å²) >= 11 is 1.11. The Kier molecular flexibility index (Phi) is 8.44. The van der Waals surface area contributed by atoms with Gasteiger partial charge in [0.15, 0.2) is 0 Å². The van der Waals surface area contributed by atoms with Gasteiger partial charge >= 0.3 is 4.87 Å². The van der Waals surface area contributed by atoms with E-state index in [4.69, 9.17) is 4.74 Å². The van der Waals surface area contributed by atoms with Crippen molar-refractivity contribution >= 4 is 27.5 Å². The maximum Gasteiger partial charge on any atom is 0.305 e. The van der Waals surface area contributed by atoms with Gasteiger partial charge < -0.3 is 25.5 Å². The maximum absolute atomic E-state index is 12.3. The molecular formula is C24H31N3O4S. The molecule has 0 radical (unpaired) electrons. The van der Waals surface area contributed by atoms with E-state index >= 15 is 0 Å². The molecule has 8 heteroatoms. The van der Waals surface area contributed by atoms with Crippen LogP contribution in [0.2, 0.25) is 0 Å². The largest absolute Gasteiger partial charge is 0.506 e. The van der Waals surface area contributed by atoms with Crippen molar-refractivity contribution in [2.24, 2.45) is 0 Å². The van der Waals surface area contributed by atoms with Crippen molar-refractivity contribution in [2.75, 3.05) is 26.3 Å². The molecule has 1 aromatic heterocycles. The Hall–Kier alpha value is -2.68. The number of amides is 1. The summed E-state index contributed by atoms with van der Waals surface area (Å²) in [5, 5.41) is 16.3. The average Bonchev–Trinajstić information content (AvgIpc) is 3.15. The lowest BCUT2D eigenvalue weighted by Gasteiger charge is -2.27. The summed E-state index contributed by atoms with van der Waals surface area (Å²) in [5.74, 6) is 0.0526. The van der Waals surface area contributed by atoms with E-state index in [-0.39, 0.29) is 16.5 Å². The zero-order chi connectivity index (χ0) is 23.0. The molecule has 3 rings (SSSR count). The van der Waals surface area contributed by atoms with Gasteiger partial charge in [-0.2, -0.15) is 0 Å². The normalized spacial score (nSPS) is 11.7. The molecule has 172 valence electrons. The highest BCUT2D eigenvalue weighted by Crippen LogP contribution is 2.27. The van der Waals surface area contributed by atoms with E-state index in [9.17, 15) is 14.7 Å². The average molecular weight is 458 g/mol. The van der Waals surface area contributed by atoms with Crippen LogP contribution >= 0.6 is 11.3 Å². The van der Waals surface area contributed by atoms with Crippen molar-refractivity contribution in [3.8, 4) is 5.75 Å². The van der Waals surface area contributed by atoms with E-state index in [1.807, 2.05) is 38.1 Å². The first-order valence-corrected chi connectivity index (χ1v) is 11.6. The topological polar surface area (TPSA) is 103 Å². The van der Waals surface area contributed by atoms with Crippen LogP contribution in [-0.4, -0.2) is 47.8 Å². The molecule has 0 spiro atoms. The molecule has 32 heavy (non-hydrogen) atoms. The molecule has 0 fully saturated rings. The third-order valence-corrected chi connectivity index (χ3v) is 6.06. The van der Waals surface area contributed by atoms with Crippen molar-refractivity contribution in [3.05, 3.63) is 63.3 Å². The summed E-state index contributed by atoms with van der Waals surface area (Å²) < 4.78 is 6.39. The van der Waals surface area contributed by atoms with Crippen molar-refractivity contribution in [2.45, 2.75) is 38.6 Å². The number of fused-ring (bicyclic) bond motifs is 1. The number of aromatic hydroxyl groups is 1. The lowest BCUT2D eigenvalue weighted by atomic mass is 10.0. The number of rotatable bonds is 12. The molecule has 0 bridgehead atoms. The van der Waals surface area contributed by atoms with Crippen molar-refractivity contribution < 1.29 is 14.6 Å². The highest BCUT2D eigenvalue weighted by Gasteiger charge is 2.20. The second-order valence-corrected chi connectivity index (χ2v) is 9.40. The molecule has 0 aliphatic carbocycles. The number of thiazole rings is 1. The fourth-order valence-corrected chi connectivity index (χ4v) is 4.38. The van der Waals surface area contributed by atoms with Crippen LogP contribution in [0.4, 0.5) is 0 Å². The number of H-pyrrole nitrogens is 1. The molecule has 0 aliphatic rings. The number of ether oxygens (including phenoxy) is 1. The first-order chi connectivity index (χ1) is 15.3. The second-order valence-electron chi connectivity index (χ2n) is 8.42. The van der Waals surface area contributed by atoms with E-state index in [0.29, 0.717) is 44.7 Å². The van der Waals surface area contributed by atoms with E-state index in [0.717, 1.165) is 28.0 Å². The summed E-state index contributed by atoms with van der Waals surface area (Å²) in [7, 11) is 0. The van der Waals surface area contributed by atoms with Gasteiger partial charge in [0.2, 0.25) is 5.91 Å². The lowest BCUT2D eigenvalue weighted by Crippen LogP contribution is -2.50. The zero-order valence-electron chi connectivity index (χ0n) is 18.6. The number of aromatic nitrogens is 1. The minimum atomic E-state index is -0.399. The van der Waals surface area contributed by atoms with Crippen molar-refractivity contribution in [1.29, 1.82) is 0 Å². The van der Waals surface area contributed by atoms with E-state index in [2.05, 4.69) is 27.8 Å². The van der Waals surface area contributed by atoms with Gasteiger partial charge in [0.25, 0.3) is 0 Å². The number of phenolic OH excluding ortho intramolecular Hbond substituents is 1. The Morgan fingerprint density at radius 3 is 2.69 bits per heavy atom. The van der Waals surface area contributed by atoms with Gasteiger partial charge in [-0.15, -0.1) is 0 Å². The third-order valence-electron chi connectivity index (χ3n) is 5.11. The number of carbonyl (C=O) groups excluding carboxylic acids is 1. The molecule has 2 aromatic carbocycles. The van der Waals surface area contributed by atoms with Gasteiger partial charge in [-0.1, -0.05) is 47.7 Å². The predicted molar refractivity (Wildman–Crippen MR) is 128 cm³/mol. The summed E-state index contributed by atoms with van der Waals surface area (Å²) in [5.41, 5.74) is 2.33. The van der Waals surface area contributed by atoms with Crippen LogP contribution < -0.4 is 15.5 Å². The number of hydrogen-bond donors (Lipinski definition) is 4. The van der Waals surface area contributed by atoms with Gasteiger partial charge in [0, 0.05) is 18.5 Å². The van der Waals surface area contributed by atoms with Crippen LogP contribution in [0, 0.1) is 0 Å². The molecule has 1 amide bonds. The quantitative estimate of drug-likeness (QED) is 0.313. The fourth-order valence-electron chi connectivity index (χ4n) is 3.48. The smallest absolute Gasteiger partial charge is 0.305 e.